The van der Waals surface area contributed by atoms with Crippen molar-refractivity contribution in [2.75, 3.05) is 6.61 Å². The Morgan fingerprint density at radius 1 is 0.407 bits per heavy atom. The topological polar surface area (TPSA) is 9.23 Å². The number of hydrogen-bond donors (Lipinski definition) is 0. The monoisotopic (exact) mass is 398 g/mol. The van der Waals surface area contributed by atoms with E-state index in [4.69, 9.17) is 4.43 Å². The van der Waals surface area contributed by atoms with Gasteiger partial charge in [0.05, 0.1) is 0 Å². The minimum atomic E-state index is -1.33. The SMILES string of the molecule is CCCCCCCCCCCCCCCCCCCO[Si](CC)(CC)CC. The van der Waals surface area contributed by atoms with Crippen LogP contribution in [0.15, 0.2) is 0 Å². The molecule has 0 unspecified atom stereocenters. The molecule has 2 heteroatoms. The molecule has 0 rings (SSSR count). The zero-order valence-electron chi connectivity index (χ0n) is 19.8. The van der Waals surface area contributed by atoms with Crippen LogP contribution >= 0.6 is 0 Å². The van der Waals surface area contributed by atoms with Gasteiger partial charge in [0.1, 0.15) is 0 Å². The standard InChI is InChI=1S/C25H54OSi/c1-5-9-10-11-12-13-14-15-16-17-18-19-20-21-22-23-24-25-26-27(6-2,7-3)8-4/h5-25H2,1-4H3. The minimum Gasteiger partial charge on any atom is -0.417 e. The molecule has 1 nitrogen and oxygen atoms in total. The van der Waals surface area contributed by atoms with E-state index in [9.17, 15) is 0 Å². The maximum Gasteiger partial charge on any atom is 0.191 e. The van der Waals surface area contributed by atoms with E-state index in [-0.39, 0.29) is 0 Å². The molecule has 0 atom stereocenters. The van der Waals surface area contributed by atoms with Gasteiger partial charge in [0.15, 0.2) is 8.32 Å². The van der Waals surface area contributed by atoms with E-state index in [0.29, 0.717) is 0 Å². The number of rotatable bonds is 22. The molecule has 0 aromatic carbocycles. The highest BCUT2D eigenvalue weighted by atomic mass is 28.4. The average molecular weight is 399 g/mol. The van der Waals surface area contributed by atoms with E-state index < -0.39 is 8.32 Å². The fraction of sp³-hybridized carbons (Fsp3) is 1.00. The van der Waals surface area contributed by atoms with Crippen molar-refractivity contribution in [1.29, 1.82) is 0 Å². The van der Waals surface area contributed by atoms with Gasteiger partial charge in [-0.15, -0.1) is 0 Å². The molecule has 0 bridgehead atoms. The molecule has 0 saturated heterocycles. The molecule has 0 spiro atoms. The molecule has 0 saturated carbocycles. The van der Waals surface area contributed by atoms with Crippen LogP contribution < -0.4 is 0 Å². The molecular formula is C25H54OSi. The molecule has 0 aliphatic rings. The van der Waals surface area contributed by atoms with E-state index in [2.05, 4.69) is 27.7 Å². The van der Waals surface area contributed by atoms with E-state index >= 15 is 0 Å². The lowest BCUT2D eigenvalue weighted by atomic mass is 10.0. The fourth-order valence-corrected chi connectivity index (χ4v) is 6.86. The second-order valence-electron chi connectivity index (χ2n) is 8.75. The van der Waals surface area contributed by atoms with Crippen LogP contribution in [0.2, 0.25) is 18.1 Å². The van der Waals surface area contributed by atoms with Crippen LogP contribution in [0.25, 0.3) is 0 Å². The first kappa shape index (κ1) is 27.2. The molecule has 0 amide bonds. The Bertz CT molecular complexity index is 267. The lowest BCUT2D eigenvalue weighted by Crippen LogP contribution is -2.36. The summed E-state index contributed by atoms with van der Waals surface area (Å²) in [6.07, 6.45) is 24.5. The van der Waals surface area contributed by atoms with Crippen molar-refractivity contribution in [2.24, 2.45) is 0 Å². The van der Waals surface area contributed by atoms with Gasteiger partial charge in [0, 0.05) is 6.61 Å². The predicted octanol–water partition coefficient (Wildman–Crippen LogP) is 9.66. The maximum absolute atomic E-state index is 6.34. The zero-order valence-corrected chi connectivity index (χ0v) is 20.8. The van der Waals surface area contributed by atoms with Gasteiger partial charge in [-0.05, 0) is 24.6 Å². The highest BCUT2D eigenvalue weighted by Gasteiger charge is 2.27. The van der Waals surface area contributed by atoms with Crippen LogP contribution in [-0.2, 0) is 4.43 Å². The second kappa shape index (κ2) is 20.9. The van der Waals surface area contributed by atoms with Crippen molar-refractivity contribution in [2.45, 2.75) is 155 Å². The summed E-state index contributed by atoms with van der Waals surface area (Å²) in [5, 5.41) is 0. The van der Waals surface area contributed by atoms with E-state index in [0.717, 1.165) is 6.61 Å². The van der Waals surface area contributed by atoms with Crippen LogP contribution in [0.1, 0.15) is 137 Å². The van der Waals surface area contributed by atoms with Crippen molar-refractivity contribution in [3.63, 3.8) is 0 Å². The van der Waals surface area contributed by atoms with Gasteiger partial charge >= 0.3 is 0 Å². The van der Waals surface area contributed by atoms with Crippen LogP contribution in [-0.4, -0.2) is 14.9 Å². The smallest absolute Gasteiger partial charge is 0.191 e. The van der Waals surface area contributed by atoms with Gasteiger partial charge in [-0.3, -0.25) is 0 Å². The quantitative estimate of drug-likeness (QED) is 0.130. The number of unbranched alkanes of at least 4 members (excludes halogenated alkanes) is 16. The van der Waals surface area contributed by atoms with E-state index in [1.54, 1.807) is 0 Å². The Hall–Kier alpha value is 0.177. The summed E-state index contributed by atoms with van der Waals surface area (Å²) in [6.45, 7) is 10.3. The molecule has 164 valence electrons. The molecule has 0 aliphatic heterocycles. The largest absolute Gasteiger partial charge is 0.417 e. The summed E-state index contributed by atoms with van der Waals surface area (Å²) < 4.78 is 6.34. The first-order valence-corrected chi connectivity index (χ1v) is 15.4. The molecule has 0 heterocycles. The summed E-state index contributed by atoms with van der Waals surface area (Å²) >= 11 is 0. The van der Waals surface area contributed by atoms with Gasteiger partial charge in [0.2, 0.25) is 0 Å². The summed E-state index contributed by atoms with van der Waals surface area (Å²) in [6, 6.07) is 3.87. The van der Waals surface area contributed by atoms with Crippen molar-refractivity contribution in [3.8, 4) is 0 Å². The Balaban J connectivity index is 3.19. The lowest BCUT2D eigenvalue weighted by Gasteiger charge is -2.27. The van der Waals surface area contributed by atoms with E-state index in [1.807, 2.05) is 0 Å². The highest BCUT2D eigenvalue weighted by molar-refractivity contribution is 6.73. The van der Waals surface area contributed by atoms with Gasteiger partial charge in [-0.25, -0.2) is 0 Å². The van der Waals surface area contributed by atoms with Gasteiger partial charge in [0.25, 0.3) is 0 Å². The summed E-state index contributed by atoms with van der Waals surface area (Å²) in [5.41, 5.74) is 0. The molecule has 27 heavy (non-hydrogen) atoms. The van der Waals surface area contributed by atoms with E-state index in [1.165, 1.54) is 127 Å². The molecule has 0 radical (unpaired) electrons. The van der Waals surface area contributed by atoms with Gasteiger partial charge in [-0.2, -0.15) is 0 Å². The molecule has 0 N–H and O–H groups in total. The Morgan fingerprint density at radius 3 is 1.00 bits per heavy atom. The third-order valence-electron chi connectivity index (χ3n) is 6.59. The van der Waals surface area contributed by atoms with Crippen molar-refractivity contribution in [3.05, 3.63) is 0 Å². The van der Waals surface area contributed by atoms with Crippen molar-refractivity contribution >= 4 is 8.32 Å². The summed E-state index contributed by atoms with van der Waals surface area (Å²) in [4.78, 5) is 0. The van der Waals surface area contributed by atoms with Crippen LogP contribution in [0.3, 0.4) is 0 Å². The Kier molecular flexibility index (Phi) is 21.0. The summed E-state index contributed by atoms with van der Waals surface area (Å²) in [5.74, 6) is 0. The van der Waals surface area contributed by atoms with Crippen LogP contribution in [0.5, 0.6) is 0 Å². The zero-order chi connectivity index (χ0) is 20.1. The van der Waals surface area contributed by atoms with Gasteiger partial charge < -0.3 is 4.43 Å². The van der Waals surface area contributed by atoms with Crippen molar-refractivity contribution in [1.82, 2.24) is 0 Å². The summed E-state index contributed by atoms with van der Waals surface area (Å²) in [7, 11) is -1.33. The molecule has 0 aliphatic carbocycles. The maximum atomic E-state index is 6.34. The Labute approximate surface area is 174 Å². The predicted molar refractivity (Wildman–Crippen MR) is 127 cm³/mol. The molecule has 0 aromatic rings. The average Bonchev–Trinajstić information content (AvgIpc) is 2.70. The molecule has 0 aromatic heterocycles. The highest BCUT2D eigenvalue weighted by Crippen LogP contribution is 2.22. The number of hydrogen-bond acceptors (Lipinski definition) is 1. The third-order valence-corrected chi connectivity index (χ3v) is 11.3. The fourth-order valence-electron chi connectivity index (χ4n) is 4.17. The van der Waals surface area contributed by atoms with Crippen molar-refractivity contribution < 1.29 is 4.43 Å². The van der Waals surface area contributed by atoms with Gasteiger partial charge in [-0.1, -0.05) is 130 Å². The second-order valence-corrected chi connectivity index (χ2v) is 13.5. The Morgan fingerprint density at radius 2 is 0.704 bits per heavy atom. The first-order chi connectivity index (χ1) is 13.2. The lowest BCUT2D eigenvalue weighted by molar-refractivity contribution is 0.287. The normalized spacial score (nSPS) is 12.0. The first-order valence-electron chi connectivity index (χ1n) is 12.9. The molecular weight excluding hydrogens is 344 g/mol. The van der Waals surface area contributed by atoms with Crippen LogP contribution in [0.4, 0.5) is 0 Å². The minimum absolute atomic E-state index is 1.03. The van der Waals surface area contributed by atoms with Crippen LogP contribution in [0, 0.1) is 0 Å². The third kappa shape index (κ3) is 16.8. The molecule has 0 fully saturated rings.